The maximum atomic E-state index is 12.8. The van der Waals surface area contributed by atoms with E-state index in [4.69, 9.17) is 0 Å². The molecular formula is C31H48N2O3. The molecule has 3 N–H and O–H groups in total. The highest BCUT2D eigenvalue weighted by Crippen LogP contribution is 2.45. The Morgan fingerprint density at radius 2 is 0.889 bits per heavy atom. The summed E-state index contributed by atoms with van der Waals surface area (Å²) in [5.74, 6) is 0.453. The molecule has 0 bridgehead atoms. The molecule has 0 atom stereocenters. The second-order valence-corrected chi connectivity index (χ2v) is 14.0. The summed E-state index contributed by atoms with van der Waals surface area (Å²) in [5.41, 5.74) is 6.58. The van der Waals surface area contributed by atoms with Crippen LogP contribution in [0.15, 0.2) is 24.3 Å². The monoisotopic (exact) mass is 496 g/mol. The minimum absolute atomic E-state index is 0.125. The summed E-state index contributed by atoms with van der Waals surface area (Å²) in [4.78, 5) is 12.8. The largest absolute Gasteiger partial charge is 0.507 e. The quantitative estimate of drug-likeness (QED) is 0.377. The van der Waals surface area contributed by atoms with Gasteiger partial charge in [0.25, 0.3) is 0 Å². The van der Waals surface area contributed by atoms with Gasteiger partial charge in [0.05, 0.1) is 11.4 Å². The lowest BCUT2D eigenvalue weighted by Crippen LogP contribution is -2.39. The van der Waals surface area contributed by atoms with Crippen molar-refractivity contribution in [2.45, 2.75) is 118 Å². The summed E-state index contributed by atoms with van der Waals surface area (Å²) in [6.07, 6.45) is 0.323. The number of benzene rings is 2. The van der Waals surface area contributed by atoms with E-state index in [1.807, 2.05) is 31.2 Å². The van der Waals surface area contributed by atoms with Gasteiger partial charge in [0.15, 0.2) is 0 Å². The van der Waals surface area contributed by atoms with E-state index >= 15 is 0 Å². The minimum Gasteiger partial charge on any atom is -0.507 e. The number of carbonyl (C=O) groups is 1. The van der Waals surface area contributed by atoms with Gasteiger partial charge in [-0.2, -0.15) is 0 Å². The third-order valence-corrected chi connectivity index (χ3v) is 6.50. The van der Waals surface area contributed by atoms with Gasteiger partial charge in [0.2, 0.25) is 5.91 Å². The SMILES string of the molecule is CCC(=O)NN(c1cc(C(C)(C)C)c(O)c(C(C)(C)C)c1)c1cc(C(C)(C)C)c(O)c(C(C)(C)C)c1. The molecule has 5 heteroatoms. The maximum Gasteiger partial charge on any atom is 0.238 e. The first-order chi connectivity index (χ1) is 16.1. The number of aromatic hydroxyl groups is 2. The predicted octanol–water partition coefficient (Wildman–Crippen LogP) is 7.87. The van der Waals surface area contributed by atoms with E-state index in [9.17, 15) is 15.0 Å². The fourth-order valence-electron chi connectivity index (χ4n) is 4.27. The van der Waals surface area contributed by atoms with Crippen molar-refractivity contribution in [2.24, 2.45) is 0 Å². The van der Waals surface area contributed by atoms with Crippen LogP contribution in [0.3, 0.4) is 0 Å². The van der Waals surface area contributed by atoms with Crippen LogP contribution in [0.4, 0.5) is 11.4 Å². The molecule has 0 fully saturated rings. The zero-order valence-electron chi connectivity index (χ0n) is 24.8. The number of amides is 1. The molecule has 0 saturated heterocycles. The first-order valence-electron chi connectivity index (χ1n) is 12.9. The molecule has 2 rings (SSSR count). The second-order valence-electron chi connectivity index (χ2n) is 14.0. The highest BCUT2D eigenvalue weighted by molar-refractivity contribution is 5.81. The van der Waals surface area contributed by atoms with E-state index in [0.717, 1.165) is 33.6 Å². The molecule has 1 amide bonds. The van der Waals surface area contributed by atoms with Crippen LogP contribution in [-0.4, -0.2) is 16.1 Å². The number of nitrogens with zero attached hydrogens (tertiary/aromatic N) is 1. The van der Waals surface area contributed by atoms with Gasteiger partial charge in [-0.15, -0.1) is 0 Å². The summed E-state index contributed by atoms with van der Waals surface area (Å²) >= 11 is 0. The molecule has 200 valence electrons. The van der Waals surface area contributed by atoms with Gasteiger partial charge >= 0.3 is 0 Å². The number of hydrogen-bond acceptors (Lipinski definition) is 4. The van der Waals surface area contributed by atoms with Crippen molar-refractivity contribution in [3.8, 4) is 11.5 Å². The molecule has 0 aliphatic rings. The lowest BCUT2D eigenvalue weighted by Gasteiger charge is -2.34. The molecule has 0 heterocycles. The Bertz CT molecular complexity index is 969. The fraction of sp³-hybridized carbons (Fsp3) is 0.581. The summed E-state index contributed by atoms with van der Waals surface area (Å²) in [6.45, 7) is 26.7. The van der Waals surface area contributed by atoms with Gasteiger partial charge in [-0.3, -0.25) is 15.2 Å². The Balaban J connectivity index is 3.01. The molecule has 0 unspecified atom stereocenters. The van der Waals surface area contributed by atoms with Gasteiger partial charge in [-0.25, -0.2) is 0 Å². The first kappa shape index (κ1) is 29.5. The summed E-state index contributed by atoms with van der Waals surface area (Å²) < 4.78 is 0. The summed E-state index contributed by atoms with van der Waals surface area (Å²) in [7, 11) is 0. The van der Waals surface area contributed by atoms with Crippen molar-refractivity contribution in [3.05, 3.63) is 46.5 Å². The van der Waals surface area contributed by atoms with Crippen LogP contribution in [0.5, 0.6) is 11.5 Å². The topological polar surface area (TPSA) is 72.8 Å². The maximum absolute atomic E-state index is 12.8. The van der Waals surface area contributed by atoms with Crippen LogP contribution in [0.1, 0.15) is 119 Å². The lowest BCUT2D eigenvalue weighted by molar-refractivity contribution is -0.120. The number of hydrazine groups is 1. The number of phenols is 2. The Kier molecular flexibility index (Phi) is 7.91. The molecule has 0 aliphatic heterocycles. The van der Waals surface area contributed by atoms with E-state index in [1.54, 1.807) is 5.01 Å². The molecule has 0 saturated carbocycles. The van der Waals surface area contributed by atoms with Crippen LogP contribution in [0.25, 0.3) is 0 Å². The number of phenolic OH excluding ortho intramolecular Hbond substituents is 2. The fourth-order valence-corrected chi connectivity index (χ4v) is 4.27. The van der Waals surface area contributed by atoms with Crippen LogP contribution in [-0.2, 0) is 26.5 Å². The molecule has 0 aliphatic carbocycles. The van der Waals surface area contributed by atoms with E-state index < -0.39 is 0 Å². The number of hydrogen-bond donors (Lipinski definition) is 3. The first-order valence-corrected chi connectivity index (χ1v) is 12.9. The van der Waals surface area contributed by atoms with Gasteiger partial charge < -0.3 is 10.2 Å². The van der Waals surface area contributed by atoms with Crippen LogP contribution >= 0.6 is 0 Å². The van der Waals surface area contributed by atoms with Crippen molar-refractivity contribution in [1.29, 1.82) is 0 Å². The molecule has 2 aromatic carbocycles. The van der Waals surface area contributed by atoms with Crippen LogP contribution in [0.2, 0.25) is 0 Å². The standard InChI is InChI=1S/C31H48N2O3/c1-14-25(34)32-33(19-15-21(28(2,3)4)26(35)22(16-19)29(5,6)7)20-17-23(30(8,9)10)27(36)24(18-20)31(11,12)13/h15-18,35-36H,14H2,1-13H3,(H,32,34). The molecule has 2 aromatic rings. The number of anilines is 2. The summed E-state index contributed by atoms with van der Waals surface area (Å²) in [5, 5.41) is 24.3. The second kappa shape index (κ2) is 9.64. The Morgan fingerprint density at radius 3 is 1.08 bits per heavy atom. The Morgan fingerprint density at radius 1 is 0.639 bits per heavy atom. The molecule has 0 spiro atoms. The Labute approximate surface area is 218 Å². The van der Waals surface area contributed by atoms with E-state index in [0.29, 0.717) is 6.42 Å². The highest BCUT2D eigenvalue weighted by Gasteiger charge is 2.31. The predicted molar refractivity (Wildman–Crippen MR) is 152 cm³/mol. The molecule has 5 nitrogen and oxygen atoms in total. The van der Waals surface area contributed by atoms with Gasteiger partial charge in [0, 0.05) is 28.7 Å². The molecule has 36 heavy (non-hydrogen) atoms. The van der Waals surface area contributed by atoms with E-state index in [2.05, 4.69) is 88.5 Å². The van der Waals surface area contributed by atoms with E-state index in [-0.39, 0.29) is 39.1 Å². The molecular weight excluding hydrogens is 448 g/mol. The van der Waals surface area contributed by atoms with Crippen LogP contribution in [0, 0.1) is 0 Å². The van der Waals surface area contributed by atoms with Gasteiger partial charge in [-0.05, 0) is 45.9 Å². The van der Waals surface area contributed by atoms with Crippen molar-refractivity contribution in [1.82, 2.24) is 5.43 Å². The summed E-state index contributed by atoms with van der Waals surface area (Å²) in [6, 6.07) is 7.84. The lowest BCUT2D eigenvalue weighted by atomic mass is 9.78. The minimum atomic E-state index is -0.317. The smallest absolute Gasteiger partial charge is 0.238 e. The number of nitrogens with one attached hydrogen (secondary N) is 1. The third-order valence-electron chi connectivity index (χ3n) is 6.50. The van der Waals surface area contributed by atoms with Crippen molar-refractivity contribution >= 4 is 17.3 Å². The molecule has 0 radical (unpaired) electrons. The van der Waals surface area contributed by atoms with Gasteiger partial charge in [-0.1, -0.05) is 90.0 Å². The zero-order chi connectivity index (χ0) is 28.0. The molecule has 0 aromatic heterocycles. The third kappa shape index (κ3) is 6.35. The average molecular weight is 497 g/mol. The van der Waals surface area contributed by atoms with E-state index in [1.165, 1.54) is 0 Å². The van der Waals surface area contributed by atoms with Crippen molar-refractivity contribution < 1.29 is 15.0 Å². The average Bonchev–Trinajstić information content (AvgIpc) is 2.69. The van der Waals surface area contributed by atoms with Crippen molar-refractivity contribution in [3.63, 3.8) is 0 Å². The normalized spacial score (nSPS) is 13.0. The van der Waals surface area contributed by atoms with Crippen LogP contribution < -0.4 is 10.4 Å². The number of rotatable bonds is 4. The number of carbonyl (C=O) groups excluding carboxylic acids is 1. The zero-order valence-corrected chi connectivity index (χ0v) is 24.8. The highest BCUT2D eigenvalue weighted by atomic mass is 16.3. The van der Waals surface area contributed by atoms with Gasteiger partial charge in [0.1, 0.15) is 11.5 Å². The Hall–Kier alpha value is -2.69. The van der Waals surface area contributed by atoms with Crippen molar-refractivity contribution in [2.75, 3.05) is 5.01 Å².